The smallest absolute Gasteiger partial charge is 0.378 e. The number of halogens is 4. The van der Waals surface area contributed by atoms with Crippen molar-refractivity contribution in [3.63, 3.8) is 0 Å². The van der Waals surface area contributed by atoms with E-state index in [0.29, 0.717) is 10.7 Å². The van der Waals surface area contributed by atoms with E-state index in [0.717, 1.165) is 29.3 Å². The number of aliphatic hydroxyl groups is 1. The van der Waals surface area contributed by atoms with Crippen LogP contribution in [0.2, 0.25) is 5.02 Å². The minimum Gasteiger partial charge on any atom is -0.378 e. The summed E-state index contributed by atoms with van der Waals surface area (Å²) in [6.45, 7) is -0.219. The molecule has 0 spiro atoms. The number of piperazine rings is 1. The Morgan fingerprint density at radius 2 is 1.71 bits per heavy atom. The van der Waals surface area contributed by atoms with E-state index >= 15 is 0 Å². The third-order valence-electron chi connectivity index (χ3n) is 6.70. The number of benzene rings is 3. The summed E-state index contributed by atoms with van der Waals surface area (Å²) in [7, 11) is 0. The highest BCUT2D eigenvalue weighted by atomic mass is 35.5. The summed E-state index contributed by atoms with van der Waals surface area (Å²) >= 11 is 5.97. The monoisotopic (exact) mass is 543 g/mol. The molecule has 0 saturated carbocycles. The van der Waals surface area contributed by atoms with E-state index in [1.54, 1.807) is 30.3 Å². The number of anilines is 1. The van der Waals surface area contributed by atoms with Crippen molar-refractivity contribution in [2.75, 3.05) is 25.0 Å². The van der Waals surface area contributed by atoms with Crippen molar-refractivity contribution in [3.05, 3.63) is 88.4 Å². The minimum absolute atomic E-state index is 0.00256. The molecule has 11 heteroatoms. The van der Waals surface area contributed by atoms with Crippen molar-refractivity contribution in [3.8, 4) is 11.1 Å². The molecule has 3 amide bonds. The van der Waals surface area contributed by atoms with Crippen LogP contribution >= 0.6 is 11.6 Å². The van der Waals surface area contributed by atoms with Crippen LogP contribution in [0.25, 0.3) is 11.1 Å². The topological polar surface area (TPSA) is 90.0 Å². The number of hydrogen-bond acceptors (Lipinski definition) is 4. The molecule has 3 aromatic rings. The van der Waals surface area contributed by atoms with Gasteiger partial charge in [0.15, 0.2) is 6.10 Å². The van der Waals surface area contributed by atoms with Crippen molar-refractivity contribution < 1.29 is 32.7 Å². The van der Waals surface area contributed by atoms with Gasteiger partial charge in [0, 0.05) is 18.1 Å². The zero-order valence-electron chi connectivity index (χ0n) is 19.7. The molecule has 1 fully saturated rings. The number of fused-ring (bicyclic) bond motifs is 2. The van der Waals surface area contributed by atoms with Crippen LogP contribution in [0.15, 0.2) is 66.7 Å². The van der Waals surface area contributed by atoms with E-state index in [1.807, 2.05) is 12.1 Å². The van der Waals surface area contributed by atoms with Crippen LogP contribution in [-0.4, -0.2) is 58.3 Å². The number of carbonyl (C=O) groups excluding carboxylic acids is 3. The standard InChI is InChI=1S/C27H21ClF3N3O4/c28-19-7-4-15(5-8-19)16-6-9-21-20(13-16)25(37)34-11-10-33(14-22(34)24(36)32-21)26(38)23(35)17-2-1-3-18(12-17)27(29,30)31/h1-9,12-13,22-23,35H,10-11,14H2,(H,32,36). The van der Waals surface area contributed by atoms with Crippen LogP contribution in [0.1, 0.15) is 27.6 Å². The van der Waals surface area contributed by atoms with Gasteiger partial charge >= 0.3 is 6.18 Å². The molecule has 2 aliphatic rings. The largest absolute Gasteiger partial charge is 0.416 e. The number of nitrogens with zero attached hydrogens (tertiary/aromatic N) is 2. The molecule has 0 aliphatic carbocycles. The molecule has 0 bridgehead atoms. The molecule has 2 heterocycles. The SMILES string of the molecule is O=C1Nc2ccc(-c3ccc(Cl)cc3)cc2C(=O)N2CCN(C(=O)C(O)c3cccc(C(F)(F)F)c3)CC12. The predicted molar refractivity (Wildman–Crippen MR) is 133 cm³/mol. The molecule has 3 aromatic carbocycles. The van der Waals surface area contributed by atoms with Crippen molar-refractivity contribution in [2.45, 2.75) is 18.3 Å². The molecule has 1 saturated heterocycles. The Balaban J connectivity index is 1.36. The fraction of sp³-hybridized carbons (Fsp3) is 0.222. The molecule has 5 rings (SSSR count). The first-order valence-corrected chi connectivity index (χ1v) is 12.1. The molecule has 0 aromatic heterocycles. The summed E-state index contributed by atoms with van der Waals surface area (Å²) in [5.41, 5.74) is 0.994. The normalized spacial score (nSPS) is 18.3. The van der Waals surface area contributed by atoms with E-state index in [9.17, 15) is 32.7 Å². The van der Waals surface area contributed by atoms with Gasteiger partial charge < -0.3 is 20.2 Å². The van der Waals surface area contributed by atoms with E-state index in [4.69, 9.17) is 11.6 Å². The van der Waals surface area contributed by atoms with Gasteiger partial charge in [-0.15, -0.1) is 0 Å². The second-order valence-corrected chi connectivity index (χ2v) is 9.52. The highest BCUT2D eigenvalue weighted by Crippen LogP contribution is 2.33. The second-order valence-electron chi connectivity index (χ2n) is 9.08. The Bertz CT molecular complexity index is 1430. The molecule has 2 atom stereocenters. The third kappa shape index (κ3) is 4.84. The average molecular weight is 544 g/mol. The number of amides is 3. The lowest BCUT2D eigenvalue weighted by molar-refractivity contribution is -0.145. The zero-order valence-corrected chi connectivity index (χ0v) is 20.5. The Morgan fingerprint density at radius 1 is 1.00 bits per heavy atom. The molecule has 0 radical (unpaired) electrons. The second kappa shape index (κ2) is 9.77. The van der Waals surface area contributed by atoms with Gasteiger partial charge in [0.05, 0.1) is 23.4 Å². The van der Waals surface area contributed by atoms with Gasteiger partial charge in [-0.3, -0.25) is 14.4 Å². The maximum absolute atomic E-state index is 13.5. The van der Waals surface area contributed by atoms with E-state index < -0.39 is 41.6 Å². The van der Waals surface area contributed by atoms with Crippen LogP contribution in [0, 0.1) is 0 Å². The lowest BCUT2D eigenvalue weighted by Gasteiger charge is -2.40. The summed E-state index contributed by atoms with van der Waals surface area (Å²) in [5, 5.41) is 13.9. The molecule has 2 unspecified atom stereocenters. The first-order chi connectivity index (χ1) is 18.0. The summed E-state index contributed by atoms with van der Waals surface area (Å²) < 4.78 is 39.2. The van der Waals surface area contributed by atoms with Gasteiger partial charge in [-0.1, -0.05) is 41.9 Å². The Morgan fingerprint density at radius 3 is 2.42 bits per heavy atom. The van der Waals surface area contributed by atoms with Crippen molar-refractivity contribution in [2.24, 2.45) is 0 Å². The maximum atomic E-state index is 13.5. The van der Waals surface area contributed by atoms with Crippen LogP contribution in [0.5, 0.6) is 0 Å². The molecule has 7 nitrogen and oxygen atoms in total. The number of aliphatic hydroxyl groups excluding tert-OH is 1. The maximum Gasteiger partial charge on any atom is 0.416 e. The van der Waals surface area contributed by atoms with Gasteiger partial charge in [-0.25, -0.2) is 0 Å². The number of rotatable bonds is 3. The fourth-order valence-corrected chi connectivity index (χ4v) is 4.80. The lowest BCUT2D eigenvalue weighted by atomic mass is 10.0. The van der Waals surface area contributed by atoms with Gasteiger partial charge in [0.1, 0.15) is 6.04 Å². The quantitative estimate of drug-likeness (QED) is 0.513. The van der Waals surface area contributed by atoms with Gasteiger partial charge in [-0.2, -0.15) is 13.2 Å². The Kier molecular flexibility index (Phi) is 6.62. The van der Waals surface area contributed by atoms with Gasteiger partial charge in [0.2, 0.25) is 5.91 Å². The first-order valence-electron chi connectivity index (χ1n) is 11.7. The molecule has 38 heavy (non-hydrogen) atoms. The van der Waals surface area contributed by atoms with Crippen LogP contribution < -0.4 is 5.32 Å². The number of alkyl halides is 3. The Labute approximate surface area is 220 Å². The third-order valence-corrected chi connectivity index (χ3v) is 6.96. The highest BCUT2D eigenvalue weighted by molar-refractivity contribution is 6.30. The van der Waals surface area contributed by atoms with E-state index in [2.05, 4.69) is 5.32 Å². The summed E-state index contributed by atoms with van der Waals surface area (Å²) in [4.78, 5) is 42.1. The first kappa shape index (κ1) is 25.7. The lowest BCUT2D eigenvalue weighted by Crippen LogP contribution is -2.60. The average Bonchev–Trinajstić information content (AvgIpc) is 3.01. The van der Waals surface area contributed by atoms with Gasteiger partial charge in [0.25, 0.3) is 11.8 Å². The number of nitrogens with one attached hydrogen (secondary N) is 1. The summed E-state index contributed by atoms with van der Waals surface area (Å²) in [6.07, 6.45) is -6.49. The Hall–Kier alpha value is -3.89. The van der Waals surface area contributed by atoms with Crippen LogP contribution in [-0.2, 0) is 15.8 Å². The van der Waals surface area contributed by atoms with Gasteiger partial charge in [-0.05, 0) is 53.1 Å². The molecular weight excluding hydrogens is 523 g/mol. The zero-order chi connectivity index (χ0) is 27.2. The van der Waals surface area contributed by atoms with Crippen molar-refractivity contribution >= 4 is 35.0 Å². The predicted octanol–water partition coefficient (Wildman–Crippen LogP) is 4.36. The molecule has 196 valence electrons. The molecule has 2 aliphatic heterocycles. The highest BCUT2D eigenvalue weighted by Gasteiger charge is 2.41. The van der Waals surface area contributed by atoms with Crippen LogP contribution in [0.4, 0.5) is 18.9 Å². The molecular formula is C27H21ClF3N3O4. The molecule has 2 N–H and O–H groups in total. The van der Waals surface area contributed by atoms with Crippen molar-refractivity contribution in [1.82, 2.24) is 9.80 Å². The van der Waals surface area contributed by atoms with Crippen molar-refractivity contribution in [1.29, 1.82) is 0 Å². The van der Waals surface area contributed by atoms with E-state index in [1.165, 1.54) is 15.9 Å². The minimum atomic E-state index is -4.63. The van der Waals surface area contributed by atoms with E-state index in [-0.39, 0.29) is 30.8 Å². The summed E-state index contributed by atoms with van der Waals surface area (Å²) in [5.74, 6) is -1.76. The van der Waals surface area contributed by atoms with Crippen LogP contribution in [0.3, 0.4) is 0 Å². The number of carbonyl (C=O) groups is 3. The number of hydrogen-bond donors (Lipinski definition) is 2. The fourth-order valence-electron chi connectivity index (χ4n) is 4.67. The summed E-state index contributed by atoms with van der Waals surface area (Å²) in [6, 6.07) is 15.0.